The Bertz CT molecular complexity index is 480. The van der Waals surface area contributed by atoms with Crippen molar-refractivity contribution in [3.63, 3.8) is 0 Å². The third-order valence-electron chi connectivity index (χ3n) is 3.02. The van der Waals surface area contributed by atoms with Crippen molar-refractivity contribution >= 4 is 10.8 Å². The standard InChI is InChI=1S/C16H20/c1-4-13-5-7-16-11-14(9-12(2)3)6-8-15(16)10-13/h5-8,10-12H,4,9H2,1-3H3. The second-order valence-corrected chi connectivity index (χ2v) is 4.97. The van der Waals surface area contributed by atoms with Gasteiger partial charge in [0.25, 0.3) is 0 Å². The van der Waals surface area contributed by atoms with Crippen molar-refractivity contribution in [2.45, 2.75) is 33.6 Å². The fourth-order valence-electron chi connectivity index (χ4n) is 2.16. The molecule has 0 atom stereocenters. The molecule has 0 fully saturated rings. The minimum atomic E-state index is 0.729. The highest BCUT2D eigenvalue weighted by Crippen LogP contribution is 2.19. The molecule has 0 unspecified atom stereocenters. The minimum Gasteiger partial charge on any atom is -0.0625 e. The molecule has 0 heterocycles. The molecule has 2 aromatic carbocycles. The van der Waals surface area contributed by atoms with Gasteiger partial charge in [-0.05, 0) is 40.7 Å². The Labute approximate surface area is 98.3 Å². The van der Waals surface area contributed by atoms with Crippen LogP contribution < -0.4 is 0 Å². The Hall–Kier alpha value is -1.30. The maximum absolute atomic E-state index is 2.33. The van der Waals surface area contributed by atoms with Crippen LogP contribution in [-0.4, -0.2) is 0 Å². The van der Waals surface area contributed by atoms with Gasteiger partial charge >= 0.3 is 0 Å². The Morgan fingerprint density at radius 2 is 1.44 bits per heavy atom. The number of hydrogen-bond donors (Lipinski definition) is 0. The molecule has 84 valence electrons. The lowest BCUT2D eigenvalue weighted by atomic mass is 9.98. The van der Waals surface area contributed by atoms with E-state index in [4.69, 9.17) is 0 Å². The van der Waals surface area contributed by atoms with Crippen molar-refractivity contribution in [2.75, 3.05) is 0 Å². The molecule has 2 rings (SSSR count). The van der Waals surface area contributed by atoms with Gasteiger partial charge in [-0.2, -0.15) is 0 Å². The number of benzene rings is 2. The van der Waals surface area contributed by atoms with Crippen LogP contribution in [0.25, 0.3) is 10.8 Å². The zero-order chi connectivity index (χ0) is 11.5. The van der Waals surface area contributed by atoms with E-state index in [9.17, 15) is 0 Å². The molecule has 0 bridgehead atoms. The Morgan fingerprint density at radius 3 is 2.00 bits per heavy atom. The Balaban J connectivity index is 2.39. The summed E-state index contributed by atoms with van der Waals surface area (Å²) in [5, 5.41) is 2.74. The van der Waals surface area contributed by atoms with Crippen LogP contribution in [0.4, 0.5) is 0 Å². The molecule has 0 radical (unpaired) electrons. The van der Waals surface area contributed by atoms with Crippen molar-refractivity contribution in [2.24, 2.45) is 5.92 Å². The molecule has 0 saturated heterocycles. The van der Waals surface area contributed by atoms with Gasteiger partial charge in [-0.15, -0.1) is 0 Å². The van der Waals surface area contributed by atoms with Gasteiger partial charge < -0.3 is 0 Å². The van der Waals surface area contributed by atoms with Crippen LogP contribution in [0.15, 0.2) is 36.4 Å². The highest BCUT2D eigenvalue weighted by atomic mass is 14.1. The van der Waals surface area contributed by atoms with Crippen molar-refractivity contribution < 1.29 is 0 Å². The van der Waals surface area contributed by atoms with Crippen LogP contribution in [0, 0.1) is 5.92 Å². The predicted octanol–water partition coefficient (Wildman–Crippen LogP) is 4.60. The van der Waals surface area contributed by atoms with E-state index in [-0.39, 0.29) is 0 Å². The minimum absolute atomic E-state index is 0.729. The summed E-state index contributed by atoms with van der Waals surface area (Å²) in [7, 11) is 0. The molecular formula is C16H20. The van der Waals surface area contributed by atoms with E-state index in [0.717, 1.165) is 12.3 Å². The first-order valence-electron chi connectivity index (χ1n) is 6.20. The van der Waals surface area contributed by atoms with Gasteiger partial charge in [0.05, 0.1) is 0 Å². The maximum atomic E-state index is 2.33. The summed E-state index contributed by atoms with van der Waals surface area (Å²) < 4.78 is 0. The highest BCUT2D eigenvalue weighted by Gasteiger charge is 2.00. The molecule has 0 nitrogen and oxygen atoms in total. The van der Waals surface area contributed by atoms with Crippen molar-refractivity contribution in [3.05, 3.63) is 47.5 Å². The summed E-state index contributed by atoms with van der Waals surface area (Å²) in [6.07, 6.45) is 2.29. The third-order valence-corrected chi connectivity index (χ3v) is 3.02. The lowest BCUT2D eigenvalue weighted by molar-refractivity contribution is 0.648. The van der Waals surface area contributed by atoms with Gasteiger partial charge in [-0.3, -0.25) is 0 Å². The molecule has 0 amide bonds. The van der Waals surface area contributed by atoms with E-state index >= 15 is 0 Å². The summed E-state index contributed by atoms with van der Waals surface area (Å²) in [4.78, 5) is 0. The first-order chi connectivity index (χ1) is 7.69. The van der Waals surface area contributed by atoms with Crippen molar-refractivity contribution in [1.82, 2.24) is 0 Å². The Morgan fingerprint density at radius 1 is 0.875 bits per heavy atom. The molecule has 0 spiro atoms. The Kier molecular flexibility index (Phi) is 3.28. The summed E-state index contributed by atoms with van der Waals surface area (Å²) in [6.45, 7) is 6.74. The molecule has 0 saturated carbocycles. The van der Waals surface area contributed by atoms with E-state index < -0.39 is 0 Å². The molecule has 0 aliphatic carbocycles. The van der Waals surface area contributed by atoms with Crippen molar-refractivity contribution in [3.8, 4) is 0 Å². The maximum Gasteiger partial charge on any atom is -0.0181 e. The average molecular weight is 212 g/mol. The van der Waals surface area contributed by atoms with E-state index in [0.29, 0.717) is 0 Å². The first kappa shape index (κ1) is 11.2. The summed E-state index contributed by atoms with van der Waals surface area (Å²) in [5.74, 6) is 0.729. The molecule has 16 heavy (non-hydrogen) atoms. The van der Waals surface area contributed by atoms with Gasteiger partial charge in [0.15, 0.2) is 0 Å². The molecule has 0 aliphatic heterocycles. The monoisotopic (exact) mass is 212 g/mol. The van der Waals surface area contributed by atoms with Crippen LogP contribution in [0.5, 0.6) is 0 Å². The number of fused-ring (bicyclic) bond motifs is 1. The first-order valence-corrected chi connectivity index (χ1v) is 6.20. The third kappa shape index (κ3) is 2.44. The van der Waals surface area contributed by atoms with Gasteiger partial charge in [0.2, 0.25) is 0 Å². The van der Waals surface area contributed by atoms with Crippen LogP contribution in [-0.2, 0) is 12.8 Å². The summed E-state index contributed by atoms with van der Waals surface area (Å²) in [6, 6.07) is 13.6. The lowest BCUT2D eigenvalue weighted by Crippen LogP contribution is -1.93. The summed E-state index contributed by atoms with van der Waals surface area (Å²) in [5.41, 5.74) is 2.87. The van der Waals surface area contributed by atoms with Gasteiger partial charge in [-0.25, -0.2) is 0 Å². The molecular weight excluding hydrogens is 192 g/mol. The quantitative estimate of drug-likeness (QED) is 0.697. The smallest absolute Gasteiger partial charge is 0.0181 e. The van der Waals surface area contributed by atoms with Crippen LogP contribution in [0.2, 0.25) is 0 Å². The zero-order valence-corrected chi connectivity index (χ0v) is 10.5. The molecule has 2 aromatic rings. The van der Waals surface area contributed by atoms with E-state index in [1.165, 1.54) is 28.3 Å². The topological polar surface area (TPSA) is 0 Å². The van der Waals surface area contributed by atoms with Crippen molar-refractivity contribution in [1.29, 1.82) is 0 Å². The second kappa shape index (κ2) is 4.69. The molecule has 0 heteroatoms. The number of hydrogen-bond acceptors (Lipinski definition) is 0. The van der Waals surface area contributed by atoms with Crippen LogP contribution >= 0.6 is 0 Å². The fraction of sp³-hybridized carbons (Fsp3) is 0.375. The zero-order valence-electron chi connectivity index (χ0n) is 10.5. The second-order valence-electron chi connectivity index (χ2n) is 4.97. The number of aryl methyl sites for hydroxylation is 1. The normalized spacial score (nSPS) is 11.2. The van der Waals surface area contributed by atoms with Crippen LogP contribution in [0.1, 0.15) is 31.9 Å². The van der Waals surface area contributed by atoms with Gasteiger partial charge in [-0.1, -0.05) is 57.2 Å². The molecule has 0 N–H and O–H groups in total. The average Bonchev–Trinajstić information content (AvgIpc) is 2.27. The number of rotatable bonds is 3. The van der Waals surface area contributed by atoms with Crippen LogP contribution in [0.3, 0.4) is 0 Å². The predicted molar refractivity (Wildman–Crippen MR) is 71.9 cm³/mol. The largest absolute Gasteiger partial charge is 0.0625 e. The molecule has 0 aromatic heterocycles. The lowest BCUT2D eigenvalue weighted by Gasteiger charge is -2.07. The fourth-order valence-corrected chi connectivity index (χ4v) is 2.16. The SMILES string of the molecule is CCc1ccc2cc(CC(C)C)ccc2c1. The van der Waals surface area contributed by atoms with Gasteiger partial charge in [0.1, 0.15) is 0 Å². The highest BCUT2D eigenvalue weighted by molar-refractivity contribution is 5.83. The van der Waals surface area contributed by atoms with E-state index in [1.54, 1.807) is 0 Å². The van der Waals surface area contributed by atoms with E-state index in [2.05, 4.69) is 57.2 Å². The summed E-state index contributed by atoms with van der Waals surface area (Å²) >= 11 is 0. The van der Waals surface area contributed by atoms with Gasteiger partial charge in [0, 0.05) is 0 Å². The molecule has 0 aliphatic rings. The van der Waals surface area contributed by atoms with E-state index in [1.807, 2.05) is 0 Å².